The summed E-state index contributed by atoms with van der Waals surface area (Å²) >= 11 is 0. The highest BCUT2D eigenvalue weighted by molar-refractivity contribution is 5.11. The number of rotatable bonds is 6. The van der Waals surface area contributed by atoms with Crippen LogP contribution in [0.1, 0.15) is 57.3 Å². The van der Waals surface area contributed by atoms with E-state index in [2.05, 4.69) is 36.7 Å². The predicted molar refractivity (Wildman–Crippen MR) is 84.6 cm³/mol. The van der Waals surface area contributed by atoms with Crippen molar-refractivity contribution in [1.82, 2.24) is 9.78 Å². The van der Waals surface area contributed by atoms with Gasteiger partial charge in [0.15, 0.2) is 0 Å². The second-order valence-corrected chi connectivity index (χ2v) is 6.53. The van der Waals surface area contributed by atoms with Crippen LogP contribution in [-0.4, -0.2) is 16.3 Å². The smallest absolute Gasteiger partial charge is 0.0624 e. The summed E-state index contributed by atoms with van der Waals surface area (Å²) in [6, 6.07) is 2.29. The molecule has 0 spiro atoms. The van der Waals surface area contributed by atoms with Crippen molar-refractivity contribution in [3.63, 3.8) is 0 Å². The number of aryl methyl sites for hydroxylation is 2. The van der Waals surface area contributed by atoms with Gasteiger partial charge < -0.3 is 5.73 Å². The van der Waals surface area contributed by atoms with Crippen LogP contribution in [0.2, 0.25) is 0 Å². The molecular formula is C17H31N3. The zero-order valence-electron chi connectivity index (χ0n) is 13.4. The summed E-state index contributed by atoms with van der Waals surface area (Å²) in [6.07, 6.45) is 8.96. The SMILES string of the molecule is CCCC1CCC(CN)C(Cc2cc(CC)nn2C)C1. The van der Waals surface area contributed by atoms with Crippen molar-refractivity contribution in [3.8, 4) is 0 Å². The first kappa shape index (κ1) is 15.6. The average molecular weight is 277 g/mol. The summed E-state index contributed by atoms with van der Waals surface area (Å²) < 4.78 is 2.08. The van der Waals surface area contributed by atoms with E-state index in [0.29, 0.717) is 5.92 Å². The van der Waals surface area contributed by atoms with Gasteiger partial charge in [0.25, 0.3) is 0 Å². The third-order valence-electron chi connectivity index (χ3n) is 5.11. The molecule has 3 unspecified atom stereocenters. The minimum atomic E-state index is 0.711. The zero-order chi connectivity index (χ0) is 14.5. The number of nitrogens with two attached hydrogens (primary N) is 1. The molecule has 1 aliphatic carbocycles. The van der Waals surface area contributed by atoms with Gasteiger partial charge in [0.2, 0.25) is 0 Å². The van der Waals surface area contributed by atoms with Gasteiger partial charge in [0, 0.05) is 12.7 Å². The predicted octanol–water partition coefficient (Wildman–Crippen LogP) is 3.32. The van der Waals surface area contributed by atoms with E-state index in [0.717, 1.165) is 31.2 Å². The normalized spacial score (nSPS) is 26.9. The van der Waals surface area contributed by atoms with Crippen molar-refractivity contribution in [2.75, 3.05) is 6.54 Å². The zero-order valence-corrected chi connectivity index (χ0v) is 13.4. The number of aromatic nitrogens is 2. The summed E-state index contributed by atoms with van der Waals surface area (Å²) in [5, 5.41) is 4.59. The van der Waals surface area contributed by atoms with E-state index >= 15 is 0 Å². The molecule has 1 aliphatic rings. The molecule has 0 aromatic carbocycles. The molecule has 1 heterocycles. The number of hydrogen-bond acceptors (Lipinski definition) is 2. The lowest BCUT2D eigenvalue weighted by atomic mass is 9.71. The van der Waals surface area contributed by atoms with Gasteiger partial charge >= 0.3 is 0 Å². The summed E-state index contributed by atoms with van der Waals surface area (Å²) in [5.41, 5.74) is 8.62. The van der Waals surface area contributed by atoms with Crippen LogP contribution in [-0.2, 0) is 19.9 Å². The van der Waals surface area contributed by atoms with Crippen molar-refractivity contribution < 1.29 is 0 Å². The first-order valence-electron chi connectivity index (χ1n) is 8.39. The Balaban J connectivity index is 2.04. The van der Waals surface area contributed by atoms with Crippen LogP contribution in [0.25, 0.3) is 0 Å². The Hall–Kier alpha value is -0.830. The minimum absolute atomic E-state index is 0.711. The average Bonchev–Trinajstić information content (AvgIpc) is 2.80. The largest absolute Gasteiger partial charge is 0.330 e. The Morgan fingerprint density at radius 2 is 2.10 bits per heavy atom. The first-order valence-corrected chi connectivity index (χ1v) is 8.39. The minimum Gasteiger partial charge on any atom is -0.330 e. The van der Waals surface area contributed by atoms with Crippen LogP contribution in [0.4, 0.5) is 0 Å². The second kappa shape index (κ2) is 7.26. The maximum Gasteiger partial charge on any atom is 0.0624 e. The van der Waals surface area contributed by atoms with Gasteiger partial charge in [-0.3, -0.25) is 4.68 Å². The van der Waals surface area contributed by atoms with Crippen LogP contribution < -0.4 is 5.73 Å². The maximum absolute atomic E-state index is 6.01. The van der Waals surface area contributed by atoms with E-state index in [9.17, 15) is 0 Å². The lowest BCUT2D eigenvalue weighted by Crippen LogP contribution is -2.32. The van der Waals surface area contributed by atoms with Gasteiger partial charge in [-0.05, 0) is 56.0 Å². The van der Waals surface area contributed by atoms with Gasteiger partial charge in [-0.15, -0.1) is 0 Å². The monoisotopic (exact) mass is 277 g/mol. The Labute approximate surface area is 123 Å². The molecule has 114 valence electrons. The molecular weight excluding hydrogens is 246 g/mol. The number of nitrogens with zero attached hydrogens (tertiary/aromatic N) is 2. The van der Waals surface area contributed by atoms with Crippen molar-refractivity contribution in [3.05, 3.63) is 17.5 Å². The van der Waals surface area contributed by atoms with Gasteiger partial charge in [-0.2, -0.15) is 5.10 Å². The molecule has 3 atom stereocenters. The van der Waals surface area contributed by atoms with Crippen LogP contribution in [0.5, 0.6) is 0 Å². The van der Waals surface area contributed by atoms with E-state index in [1.54, 1.807) is 0 Å². The highest BCUT2D eigenvalue weighted by atomic mass is 15.3. The molecule has 1 aromatic heterocycles. The molecule has 2 N–H and O–H groups in total. The van der Waals surface area contributed by atoms with Crippen LogP contribution in [0.3, 0.4) is 0 Å². The maximum atomic E-state index is 6.01. The molecule has 1 saturated carbocycles. The van der Waals surface area contributed by atoms with E-state index < -0.39 is 0 Å². The molecule has 0 aliphatic heterocycles. The second-order valence-electron chi connectivity index (χ2n) is 6.53. The summed E-state index contributed by atoms with van der Waals surface area (Å²) in [6.45, 7) is 5.33. The standard InChI is InChI=1S/C17H31N3/c1-4-6-13-7-8-14(12-18)15(9-13)10-17-11-16(5-2)19-20(17)3/h11,13-15H,4-10,12,18H2,1-3H3. The van der Waals surface area contributed by atoms with Gasteiger partial charge in [0.1, 0.15) is 0 Å². The fourth-order valence-corrected chi connectivity index (χ4v) is 3.86. The molecule has 1 aromatic rings. The van der Waals surface area contributed by atoms with Gasteiger partial charge in [0.05, 0.1) is 5.69 Å². The molecule has 0 amide bonds. The van der Waals surface area contributed by atoms with Gasteiger partial charge in [-0.1, -0.05) is 33.1 Å². The molecule has 2 rings (SSSR count). The highest BCUT2D eigenvalue weighted by Gasteiger charge is 2.30. The quantitative estimate of drug-likeness (QED) is 0.867. The van der Waals surface area contributed by atoms with E-state index in [1.165, 1.54) is 43.5 Å². The molecule has 1 fully saturated rings. The molecule has 20 heavy (non-hydrogen) atoms. The molecule has 3 heteroatoms. The Morgan fingerprint density at radius 3 is 2.70 bits per heavy atom. The third-order valence-corrected chi connectivity index (χ3v) is 5.11. The summed E-state index contributed by atoms with van der Waals surface area (Å²) in [4.78, 5) is 0. The fourth-order valence-electron chi connectivity index (χ4n) is 3.86. The first-order chi connectivity index (χ1) is 9.67. The Morgan fingerprint density at radius 1 is 1.30 bits per heavy atom. The van der Waals surface area contributed by atoms with Crippen molar-refractivity contribution in [2.45, 2.75) is 58.8 Å². The summed E-state index contributed by atoms with van der Waals surface area (Å²) in [5.74, 6) is 2.39. The van der Waals surface area contributed by atoms with Crippen LogP contribution in [0.15, 0.2) is 6.07 Å². The highest BCUT2D eigenvalue weighted by Crippen LogP contribution is 2.37. The van der Waals surface area contributed by atoms with E-state index in [4.69, 9.17) is 5.73 Å². The van der Waals surface area contributed by atoms with Gasteiger partial charge in [-0.25, -0.2) is 0 Å². The Bertz CT molecular complexity index is 410. The molecule has 3 nitrogen and oxygen atoms in total. The van der Waals surface area contributed by atoms with Crippen molar-refractivity contribution in [1.29, 1.82) is 0 Å². The van der Waals surface area contributed by atoms with Crippen molar-refractivity contribution in [2.24, 2.45) is 30.5 Å². The Kier molecular flexibility index (Phi) is 5.64. The molecule has 0 radical (unpaired) electrons. The molecule has 0 bridgehead atoms. The van der Waals surface area contributed by atoms with E-state index in [-0.39, 0.29) is 0 Å². The van der Waals surface area contributed by atoms with Crippen LogP contribution >= 0.6 is 0 Å². The van der Waals surface area contributed by atoms with Crippen LogP contribution in [0, 0.1) is 17.8 Å². The van der Waals surface area contributed by atoms with E-state index in [1.807, 2.05) is 0 Å². The fraction of sp³-hybridized carbons (Fsp3) is 0.824. The third kappa shape index (κ3) is 3.63. The lowest BCUT2D eigenvalue weighted by Gasteiger charge is -2.35. The number of hydrogen-bond donors (Lipinski definition) is 1. The topological polar surface area (TPSA) is 43.8 Å². The lowest BCUT2D eigenvalue weighted by molar-refractivity contribution is 0.173. The van der Waals surface area contributed by atoms with Crippen molar-refractivity contribution >= 4 is 0 Å². The molecule has 0 saturated heterocycles. The summed E-state index contributed by atoms with van der Waals surface area (Å²) in [7, 11) is 2.08.